The summed E-state index contributed by atoms with van der Waals surface area (Å²) in [5.41, 5.74) is 7.98. The van der Waals surface area contributed by atoms with E-state index < -0.39 is 11.2 Å². The van der Waals surface area contributed by atoms with Crippen LogP contribution in [0.2, 0.25) is 10.0 Å². The molecule has 11 heteroatoms. The Morgan fingerprint density at radius 3 is 2.38 bits per heavy atom. The lowest BCUT2D eigenvalue weighted by molar-refractivity contribution is 0.306. The molecular formula is C29H33Cl2N5O4. The lowest BCUT2D eigenvalue weighted by Gasteiger charge is -2.20. The summed E-state index contributed by atoms with van der Waals surface area (Å²) < 4.78 is 14.2. The average Bonchev–Trinajstić information content (AvgIpc) is 2.95. The predicted octanol–water partition coefficient (Wildman–Crippen LogP) is 5.25. The molecule has 0 saturated heterocycles. The van der Waals surface area contributed by atoms with E-state index in [2.05, 4.69) is 5.32 Å². The van der Waals surface area contributed by atoms with Crippen LogP contribution in [0, 0.1) is 0 Å². The Hall–Kier alpha value is -3.53. The number of nitrogens with zero attached hydrogens (tertiary/aromatic N) is 3. The second-order valence-electron chi connectivity index (χ2n) is 9.37. The van der Waals surface area contributed by atoms with Crippen molar-refractivity contribution >= 4 is 40.1 Å². The molecule has 4 aromatic rings. The molecule has 2 aromatic heterocycles. The van der Waals surface area contributed by atoms with E-state index >= 15 is 0 Å². The molecule has 0 spiro atoms. The van der Waals surface area contributed by atoms with Crippen LogP contribution >= 0.6 is 23.2 Å². The van der Waals surface area contributed by atoms with Gasteiger partial charge in [0, 0.05) is 59.5 Å². The van der Waals surface area contributed by atoms with E-state index in [-0.39, 0.29) is 17.6 Å². The van der Waals surface area contributed by atoms with Crippen molar-refractivity contribution in [3.8, 4) is 22.6 Å². The van der Waals surface area contributed by atoms with Crippen LogP contribution in [0.4, 0.5) is 5.82 Å². The highest BCUT2D eigenvalue weighted by Gasteiger charge is 2.23. The quantitative estimate of drug-likeness (QED) is 0.247. The molecule has 2 aromatic carbocycles. The Balaban J connectivity index is 1.92. The van der Waals surface area contributed by atoms with E-state index in [1.54, 1.807) is 25.2 Å². The van der Waals surface area contributed by atoms with Gasteiger partial charge < -0.3 is 20.5 Å². The van der Waals surface area contributed by atoms with E-state index in [9.17, 15) is 9.59 Å². The Morgan fingerprint density at radius 1 is 0.975 bits per heavy atom. The van der Waals surface area contributed by atoms with Gasteiger partial charge in [0.05, 0.1) is 18.6 Å². The van der Waals surface area contributed by atoms with Gasteiger partial charge in [0.1, 0.15) is 17.3 Å². The molecule has 4 rings (SSSR count). The number of ether oxygens (including phenoxy) is 2. The predicted molar refractivity (Wildman–Crippen MR) is 161 cm³/mol. The summed E-state index contributed by atoms with van der Waals surface area (Å²) in [4.78, 5) is 31.0. The average molecular weight is 587 g/mol. The molecule has 212 valence electrons. The van der Waals surface area contributed by atoms with Gasteiger partial charge >= 0.3 is 5.69 Å². The molecule has 2 heterocycles. The molecule has 3 N–H and O–H groups in total. The maximum absolute atomic E-state index is 13.5. The van der Waals surface area contributed by atoms with Crippen molar-refractivity contribution in [1.29, 1.82) is 0 Å². The van der Waals surface area contributed by atoms with Gasteiger partial charge in [0.2, 0.25) is 0 Å². The Morgan fingerprint density at radius 2 is 1.70 bits per heavy atom. The molecular weight excluding hydrogens is 553 g/mol. The highest BCUT2D eigenvalue weighted by Crippen LogP contribution is 2.38. The number of pyridine rings is 1. The van der Waals surface area contributed by atoms with Crippen molar-refractivity contribution in [1.82, 2.24) is 14.1 Å². The first-order chi connectivity index (χ1) is 19.2. The van der Waals surface area contributed by atoms with Crippen LogP contribution < -0.4 is 31.8 Å². The third-order valence-corrected chi connectivity index (χ3v) is 7.05. The number of aryl methyl sites for hydroxylation is 1. The molecule has 9 nitrogen and oxygen atoms in total. The molecule has 0 aliphatic carbocycles. The molecule has 40 heavy (non-hydrogen) atoms. The second kappa shape index (κ2) is 12.8. The van der Waals surface area contributed by atoms with Gasteiger partial charge in [-0.05, 0) is 43.2 Å². The van der Waals surface area contributed by atoms with Crippen LogP contribution in [0.3, 0.4) is 0 Å². The van der Waals surface area contributed by atoms with Crippen molar-refractivity contribution in [2.24, 2.45) is 19.8 Å². The normalized spacial score (nSPS) is 11.2. The van der Waals surface area contributed by atoms with Gasteiger partial charge in [-0.1, -0.05) is 43.1 Å². The Labute approximate surface area is 242 Å². The minimum absolute atomic E-state index is 0.0460. The summed E-state index contributed by atoms with van der Waals surface area (Å²) in [6, 6.07) is 10.7. The Kier molecular flexibility index (Phi) is 9.40. The highest BCUT2D eigenvalue weighted by atomic mass is 35.5. The van der Waals surface area contributed by atoms with Crippen LogP contribution in [0.5, 0.6) is 11.5 Å². The monoisotopic (exact) mass is 585 g/mol. The molecule has 0 amide bonds. The van der Waals surface area contributed by atoms with Crippen molar-refractivity contribution in [3.63, 3.8) is 0 Å². The molecule has 0 aliphatic rings. The molecule has 0 saturated carbocycles. The summed E-state index contributed by atoms with van der Waals surface area (Å²) in [5.74, 6) is 1.86. The SMILES string of the molecule is CCCOc1ccc(OCCC)c(CNc2nc3c(c(-c4ccc(Cl)cc4Cl)c2CN)c(=O)n(C)c(=O)n3C)c1. The maximum Gasteiger partial charge on any atom is 0.332 e. The smallest absolute Gasteiger partial charge is 0.332 e. The Bertz CT molecular complexity index is 1670. The number of benzene rings is 2. The van der Waals surface area contributed by atoms with E-state index in [0.717, 1.165) is 34.5 Å². The van der Waals surface area contributed by atoms with Gasteiger partial charge in [-0.25, -0.2) is 9.78 Å². The minimum atomic E-state index is -0.499. The minimum Gasteiger partial charge on any atom is -0.494 e. The number of aromatic nitrogens is 3. The third kappa shape index (κ3) is 5.82. The first kappa shape index (κ1) is 29.5. The molecule has 0 radical (unpaired) electrons. The second-order valence-corrected chi connectivity index (χ2v) is 10.2. The number of rotatable bonds is 11. The molecule has 0 fully saturated rings. The topological polar surface area (TPSA) is 113 Å². The standard InChI is InChI=1S/C29H33Cl2N5O4/c1-5-11-39-19-8-10-23(40-12-6-2)17(13-19)16-33-26-21(15-32)24(20-9-7-18(30)14-22(20)31)25-27(34-26)35(3)29(38)36(4)28(25)37/h7-10,13-14H,5-6,11-12,15-16,32H2,1-4H3,(H,33,34). The number of nitrogens with one attached hydrogen (secondary N) is 1. The molecule has 0 unspecified atom stereocenters. The fourth-order valence-electron chi connectivity index (χ4n) is 4.50. The number of hydrogen-bond acceptors (Lipinski definition) is 7. The zero-order chi connectivity index (χ0) is 29.0. The first-order valence-electron chi connectivity index (χ1n) is 13.1. The zero-order valence-electron chi connectivity index (χ0n) is 23.0. The zero-order valence-corrected chi connectivity index (χ0v) is 24.5. The van der Waals surface area contributed by atoms with Crippen molar-refractivity contribution in [2.45, 2.75) is 39.8 Å². The van der Waals surface area contributed by atoms with Gasteiger partial charge in [-0.2, -0.15) is 0 Å². The number of anilines is 1. The van der Waals surface area contributed by atoms with E-state index in [0.29, 0.717) is 52.3 Å². The third-order valence-electron chi connectivity index (χ3n) is 6.51. The van der Waals surface area contributed by atoms with Crippen molar-refractivity contribution < 1.29 is 9.47 Å². The van der Waals surface area contributed by atoms with Gasteiger partial charge in [0.25, 0.3) is 5.56 Å². The van der Waals surface area contributed by atoms with E-state index in [1.165, 1.54) is 11.6 Å². The van der Waals surface area contributed by atoms with Crippen molar-refractivity contribution in [2.75, 3.05) is 18.5 Å². The largest absolute Gasteiger partial charge is 0.494 e. The first-order valence-corrected chi connectivity index (χ1v) is 13.9. The van der Waals surface area contributed by atoms with Crippen LogP contribution in [-0.4, -0.2) is 27.3 Å². The van der Waals surface area contributed by atoms with Gasteiger partial charge in [-0.15, -0.1) is 0 Å². The number of fused-ring (bicyclic) bond motifs is 1. The lowest BCUT2D eigenvalue weighted by atomic mass is 9.96. The highest BCUT2D eigenvalue weighted by molar-refractivity contribution is 6.36. The summed E-state index contributed by atoms with van der Waals surface area (Å²) in [6.45, 7) is 5.62. The molecule has 0 aliphatic heterocycles. The van der Waals surface area contributed by atoms with E-state index in [4.69, 9.17) is 43.4 Å². The summed E-state index contributed by atoms with van der Waals surface area (Å²) in [7, 11) is 3.00. The van der Waals surface area contributed by atoms with Crippen LogP contribution in [-0.2, 0) is 27.2 Å². The fraction of sp³-hybridized carbons (Fsp3) is 0.345. The molecule has 0 bridgehead atoms. The summed E-state index contributed by atoms with van der Waals surface area (Å²) in [5, 5.41) is 4.40. The van der Waals surface area contributed by atoms with Crippen LogP contribution in [0.25, 0.3) is 22.2 Å². The van der Waals surface area contributed by atoms with Crippen molar-refractivity contribution in [3.05, 3.63) is 78.4 Å². The molecule has 0 atom stereocenters. The number of hydrogen-bond donors (Lipinski definition) is 2. The number of nitrogens with two attached hydrogens (primary N) is 1. The number of halogens is 2. The fourth-order valence-corrected chi connectivity index (χ4v) is 5.00. The van der Waals surface area contributed by atoms with Crippen LogP contribution in [0.15, 0.2) is 46.0 Å². The van der Waals surface area contributed by atoms with Crippen LogP contribution in [0.1, 0.15) is 37.8 Å². The summed E-state index contributed by atoms with van der Waals surface area (Å²) >= 11 is 12.8. The maximum atomic E-state index is 13.5. The summed E-state index contributed by atoms with van der Waals surface area (Å²) in [6.07, 6.45) is 1.75. The lowest BCUT2D eigenvalue weighted by Crippen LogP contribution is -2.38. The van der Waals surface area contributed by atoms with Gasteiger partial charge in [0.15, 0.2) is 5.65 Å². The van der Waals surface area contributed by atoms with E-state index in [1.807, 2.05) is 32.0 Å². The van der Waals surface area contributed by atoms with Gasteiger partial charge in [-0.3, -0.25) is 13.9 Å².